The van der Waals surface area contributed by atoms with Gasteiger partial charge in [-0.25, -0.2) is 0 Å². The predicted molar refractivity (Wildman–Crippen MR) is 83.1 cm³/mol. The second-order valence-electron chi connectivity index (χ2n) is 5.46. The lowest BCUT2D eigenvalue weighted by Gasteiger charge is -2.17. The fourth-order valence-electron chi connectivity index (χ4n) is 2.78. The lowest BCUT2D eigenvalue weighted by Crippen LogP contribution is -2.34. The minimum atomic E-state index is -0.0248. The summed E-state index contributed by atoms with van der Waals surface area (Å²) in [5.41, 5.74) is 0.625. The summed E-state index contributed by atoms with van der Waals surface area (Å²) in [6.45, 7) is 2.50. The van der Waals surface area contributed by atoms with Crippen molar-refractivity contribution >= 4 is 5.91 Å². The molecule has 1 aromatic carbocycles. The van der Waals surface area contributed by atoms with Gasteiger partial charge in [0.25, 0.3) is 5.91 Å². The first kappa shape index (κ1) is 15.7. The molecule has 1 N–H and O–H groups in total. The van der Waals surface area contributed by atoms with E-state index in [2.05, 4.69) is 5.32 Å². The number of nitrogens with one attached hydrogen (secondary N) is 1. The molecule has 116 valence electrons. The van der Waals surface area contributed by atoms with Crippen LogP contribution in [-0.4, -0.2) is 25.7 Å². The van der Waals surface area contributed by atoms with Crippen molar-refractivity contribution in [2.45, 2.75) is 51.5 Å². The van der Waals surface area contributed by atoms with Crippen LogP contribution in [0.1, 0.15) is 55.8 Å². The van der Waals surface area contributed by atoms with Crippen molar-refractivity contribution in [3.8, 4) is 11.5 Å². The van der Waals surface area contributed by atoms with Crippen LogP contribution in [-0.2, 0) is 0 Å². The number of hydrogen-bond acceptors (Lipinski definition) is 3. The van der Waals surface area contributed by atoms with Crippen LogP contribution < -0.4 is 14.8 Å². The third-order valence-electron chi connectivity index (χ3n) is 3.92. The monoisotopic (exact) mass is 291 g/mol. The quantitative estimate of drug-likeness (QED) is 0.844. The molecule has 0 bridgehead atoms. The van der Waals surface area contributed by atoms with Crippen molar-refractivity contribution in [2.24, 2.45) is 0 Å². The van der Waals surface area contributed by atoms with Crippen LogP contribution in [0.5, 0.6) is 11.5 Å². The van der Waals surface area contributed by atoms with Gasteiger partial charge in [0.05, 0.1) is 13.7 Å². The van der Waals surface area contributed by atoms with Crippen molar-refractivity contribution in [2.75, 3.05) is 13.7 Å². The second kappa shape index (κ2) is 7.91. The molecule has 1 amide bonds. The lowest BCUT2D eigenvalue weighted by molar-refractivity contribution is 0.0933. The average Bonchev–Trinajstić information content (AvgIpc) is 2.76. The minimum absolute atomic E-state index is 0.0248. The maximum Gasteiger partial charge on any atom is 0.251 e. The fraction of sp³-hybridized carbons (Fsp3) is 0.588. The summed E-state index contributed by atoms with van der Waals surface area (Å²) in [5, 5.41) is 3.14. The summed E-state index contributed by atoms with van der Waals surface area (Å²) in [5.74, 6) is 1.25. The smallest absolute Gasteiger partial charge is 0.251 e. The van der Waals surface area contributed by atoms with E-state index >= 15 is 0 Å². The third kappa shape index (κ3) is 4.38. The molecule has 0 unspecified atom stereocenters. The van der Waals surface area contributed by atoms with E-state index in [0.29, 0.717) is 29.7 Å². The molecule has 0 radical (unpaired) electrons. The summed E-state index contributed by atoms with van der Waals surface area (Å²) in [4.78, 5) is 12.4. The molecule has 0 spiro atoms. The molecule has 0 atom stereocenters. The van der Waals surface area contributed by atoms with Gasteiger partial charge in [0.15, 0.2) is 11.5 Å². The SMILES string of the molecule is CCOc1ccc(C(=O)NC2CCCCCC2)cc1OC. The number of ether oxygens (including phenoxy) is 2. The van der Waals surface area contributed by atoms with Gasteiger partial charge >= 0.3 is 0 Å². The predicted octanol–water partition coefficient (Wildman–Crippen LogP) is 3.55. The summed E-state index contributed by atoms with van der Waals surface area (Å²) in [6, 6.07) is 5.64. The molecule has 0 saturated heterocycles. The number of carbonyl (C=O) groups excluding carboxylic acids is 1. The van der Waals surface area contributed by atoms with Gasteiger partial charge in [0, 0.05) is 11.6 Å². The Labute approximate surface area is 126 Å². The van der Waals surface area contributed by atoms with E-state index in [-0.39, 0.29) is 5.91 Å². The highest BCUT2D eigenvalue weighted by atomic mass is 16.5. The highest BCUT2D eigenvalue weighted by Gasteiger charge is 2.17. The summed E-state index contributed by atoms with van der Waals surface area (Å²) >= 11 is 0. The third-order valence-corrected chi connectivity index (χ3v) is 3.92. The number of hydrogen-bond donors (Lipinski definition) is 1. The molecule has 21 heavy (non-hydrogen) atoms. The standard InChI is InChI=1S/C17H25NO3/c1-3-21-15-11-10-13(12-16(15)20-2)17(19)18-14-8-6-4-5-7-9-14/h10-12,14H,3-9H2,1-2H3,(H,18,19). The van der Waals surface area contributed by atoms with Gasteiger partial charge in [-0.15, -0.1) is 0 Å². The summed E-state index contributed by atoms with van der Waals surface area (Å²) < 4.78 is 10.8. The topological polar surface area (TPSA) is 47.6 Å². The van der Waals surface area contributed by atoms with Gasteiger partial charge in [-0.3, -0.25) is 4.79 Å². The number of benzene rings is 1. The molecule has 4 nitrogen and oxygen atoms in total. The largest absolute Gasteiger partial charge is 0.493 e. The second-order valence-corrected chi connectivity index (χ2v) is 5.46. The van der Waals surface area contributed by atoms with Crippen LogP contribution in [0.25, 0.3) is 0 Å². The Kier molecular flexibility index (Phi) is 5.90. The first-order valence-corrected chi connectivity index (χ1v) is 7.86. The normalized spacial score (nSPS) is 16.1. The summed E-state index contributed by atoms with van der Waals surface area (Å²) in [6.07, 6.45) is 7.14. The Morgan fingerprint density at radius 1 is 1.19 bits per heavy atom. The zero-order valence-electron chi connectivity index (χ0n) is 13.0. The molecule has 1 fully saturated rings. The average molecular weight is 291 g/mol. The molecular formula is C17H25NO3. The molecule has 1 aromatic rings. The van der Waals surface area contributed by atoms with Gasteiger partial charge in [0.1, 0.15) is 0 Å². The van der Waals surface area contributed by atoms with Crippen molar-refractivity contribution in [3.05, 3.63) is 23.8 Å². The van der Waals surface area contributed by atoms with Crippen molar-refractivity contribution in [1.29, 1.82) is 0 Å². The van der Waals surface area contributed by atoms with Gasteiger partial charge in [-0.1, -0.05) is 25.7 Å². The maximum absolute atomic E-state index is 12.4. The first-order valence-electron chi connectivity index (χ1n) is 7.86. The van der Waals surface area contributed by atoms with E-state index in [0.717, 1.165) is 12.8 Å². The van der Waals surface area contributed by atoms with Gasteiger partial charge < -0.3 is 14.8 Å². The van der Waals surface area contributed by atoms with E-state index < -0.39 is 0 Å². The van der Waals surface area contributed by atoms with Crippen LogP contribution in [0.4, 0.5) is 0 Å². The van der Waals surface area contributed by atoms with Crippen LogP contribution in [0, 0.1) is 0 Å². The van der Waals surface area contributed by atoms with Gasteiger partial charge in [0.2, 0.25) is 0 Å². The molecule has 0 aliphatic heterocycles. The fourth-order valence-corrected chi connectivity index (χ4v) is 2.78. The Balaban J connectivity index is 2.04. The van der Waals surface area contributed by atoms with E-state index in [9.17, 15) is 4.79 Å². The van der Waals surface area contributed by atoms with E-state index in [1.807, 2.05) is 6.92 Å². The van der Waals surface area contributed by atoms with Crippen molar-refractivity contribution in [3.63, 3.8) is 0 Å². The van der Waals surface area contributed by atoms with E-state index in [1.54, 1.807) is 25.3 Å². The summed E-state index contributed by atoms with van der Waals surface area (Å²) in [7, 11) is 1.59. The van der Waals surface area contributed by atoms with Gasteiger partial charge in [-0.05, 0) is 38.0 Å². The van der Waals surface area contributed by atoms with Crippen LogP contribution in [0.15, 0.2) is 18.2 Å². The number of amides is 1. The molecule has 2 rings (SSSR count). The highest BCUT2D eigenvalue weighted by molar-refractivity contribution is 5.95. The zero-order chi connectivity index (χ0) is 15.1. The minimum Gasteiger partial charge on any atom is -0.493 e. The number of methoxy groups -OCH3 is 1. The molecule has 1 saturated carbocycles. The van der Waals surface area contributed by atoms with Crippen molar-refractivity contribution in [1.82, 2.24) is 5.32 Å². The Hall–Kier alpha value is -1.71. The van der Waals surface area contributed by atoms with Crippen LogP contribution >= 0.6 is 0 Å². The van der Waals surface area contributed by atoms with E-state index in [4.69, 9.17) is 9.47 Å². The molecule has 4 heteroatoms. The molecule has 0 heterocycles. The van der Waals surface area contributed by atoms with Gasteiger partial charge in [-0.2, -0.15) is 0 Å². The molecule has 1 aliphatic carbocycles. The Morgan fingerprint density at radius 3 is 2.52 bits per heavy atom. The maximum atomic E-state index is 12.4. The van der Waals surface area contributed by atoms with E-state index in [1.165, 1.54) is 25.7 Å². The highest BCUT2D eigenvalue weighted by Crippen LogP contribution is 2.28. The lowest BCUT2D eigenvalue weighted by atomic mass is 10.1. The first-order chi connectivity index (χ1) is 10.2. The Morgan fingerprint density at radius 2 is 1.90 bits per heavy atom. The Bertz CT molecular complexity index is 465. The number of carbonyl (C=O) groups is 1. The van der Waals surface area contributed by atoms with Crippen LogP contribution in [0.3, 0.4) is 0 Å². The van der Waals surface area contributed by atoms with Crippen LogP contribution in [0.2, 0.25) is 0 Å². The molecular weight excluding hydrogens is 266 g/mol. The zero-order valence-corrected chi connectivity index (χ0v) is 13.0. The number of rotatable bonds is 5. The molecule has 0 aromatic heterocycles. The molecule has 1 aliphatic rings. The van der Waals surface area contributed by atoms with Crippen molar-refractivity contribution < 1.29 is 14.3 Å².